The van der Waals surface area contributed by atoms with Crippen LogP contribution in [0.3, 0.4) is 0 Å². The maximum atomic E-state index is 12.8. The zero-order chi connectivity index (χ0) is 85.3. The Morgan fingerprint density at radius 1 is 0.414 bits per heavy atom. The average molecular weight is 2080 g/mol. The number of esters is 1. The van der Waals surface area contributed by atoms with Crippen LogP contribution in [-0.4, -0.2) is 299 Å². The van der Waals surface area contributed by atoms with E-state index < -0.39 is 23.6 Å². The SMILES string of the molecule is CC(=O)CN1CCN(CC(=O)OC(C)(C)C)CCN(CC(C)C)CCN(CC(C)=O)C(Cc2ccc(I)cc2)C1.CC(C)CN1CC(=O)NCCNC(=O)C(Cc2ccc(I)cc2)NC(=O)C1.CC(C)CN1CCNCCNC(=O)C(Cc2ccc(I)cc2)NCC1.O=C1CN(Cl)CC(=O)NC(Cc2ccc(I)cc2)C(=O)NCCN1. The van der Waals surface area contributed by atoms with Gasteiger partial charge >= 0.3 is 5.97 Å². The lowest BCUT2D eigenvalue weighted by Gasteiger charge is -2.38. The Balaban J connectivity index is 0.000000282. The number of halogens is 5. The van der Waals surface area contributed by atoms with Crippen LogP contribution >= 0.6 is 102 Å². The third-order valence-electron chi connectivity index (χ3n) is 18.6. The summed E-state index contributed by atoms with van der Waals surface area (Å²) in [5, 5.41) is 26.4. The number of hydrogen-bond acceptors (Lipinski definition) is 20. The van der Waals surface area contributed by atoms with E-state index >= 15 is 0 Å². The summed E-state index contributed by atoms with van der Waals surface area (Å²) in [6.07, 6.45) is 2.32. The quantitative estimate of drug-likeness (QED) is 0.0295. The summed E-state index contributed by atoms with van der Waals surface area (Å²) in [6.45, 7) is 37.3. The zero-order valence-corrected chi connectivity index (χ0v) is 79.1. The van der Waals surface area contributed by atoms with E-state index in [1.165, 1.54) is 18.3 Å². The van der Waals surface area contributed by atoms with Crippen molar-refractivity contribution in [1.29, 1.82) is 0 Å². The summed E-state index contributed by atoms with van der Waals surface area (Å²) in [6, 6.07) is 31.1. The highest BCUT2D eigenvalue weighted by molar-refractivity contribution is 14.1. The smallest absolute Gasteiger partial charge is 0.320 e. The minimum atomic E-state index is -0.697. The molecule has 0 saturated carbocycles. The van der Waals surface area contributed by atoms with Gasteiger partial charge in [-0.1, -0.05) is 90.1 Å². The monoisotopic (exact) mass is 2080 g/mol. The fourth-order valence-corrected chi connectivity index (χ4v) is 15.2. The minimum absolute atomic E-state index is 0.0722. The van der Waals surface area contributed by atoms with Crippen LogP contribution in [0.1, 0.15) is 98.4 Å². The van der Waals surface area contributed by atoms with Crippen LogP contribution in [0.5, 0.6) is 0 Å². The van der Waals surface area contributed by atoms with Gasteiger partial charge < -0.3 is 62.4 Å². The number of nitrogens with one attached hydrogen (secondary N) is 9. The van der Waals surface area contributed by atoms with Gasteiger partial charge in [-0.25, -0.2) is 4.42 Å². The molecule has 0 aliphatic carbocycles. The van der Waals surface area contributed by atoms with Crippen molar-refractivity contribution < 1.29 is 52.7 Å². The minimum Gasteiger partial charge on any atom is -0.459 e. The molecule has 4 unspecified atom stereocenters. The van der Waals surface area contributed by atoms with E-state index in [4.69, 9.17) is 16.5 Å². The second-order valence-electron chi connectivity index (χ2n) is 32.2. The third kappa shape index (κ3) is 44.9. The molecule has 27 nitrogen and oxygen atoms in total. The number of carbonyl (C=O) groups excluding carboxylic acids is 10. The molecule has 4 heterocycles. The molecule has 4 aromatic rings. The van der Waals surface area contributed by atoms with Crippen molar-refractivity contribution in [2.75, 3.05) is 177 Å². The van der Waals surface area contributed by atoms with E-state index in [9.17, 15) is 47.9 Å². The number of rotatable bonds is 20. The van der Waals surface area contributed by atoms with Gasteiger partial charge in [0.1, 0.15) is 29.3 Å². The fraction of sp³-hybridized carbons (Fsp3) is 0.595. The van der Waals surface area contributed by atoms with Crippen LogP contribution in [0.15, 0.2) is 97.1 Å². The normalized spacial score (nSPS) is 20.5. The first-order chi connectivity index (χ1) is 55.0. The highest BCUT2D eigenvalue weighted by atomic mass is 127. The first-order valence-corrected chi connectivity index (χ1v) is 45.0. The molecule has 4 aliphatic rings. The average Bonchev–Trinajstić information content (AvgIpc) is 0.410. The molecule has 4 aromatic carbocycles. The summed E-state index contributed by atoms with van der Waals surface area (Å²) in [7, 11) is 0. The molecule has 9 N–H and O–H groups in total. The summed E-state index contributed by atoms with van der Waals surface area (Å²) >= 11 is 14.9. The molecule has 4 aliphatic heterocycles. The molecule has 644 valence electrons. The summed E-state index contributed by atoms with van der Waals surface area (Å²) in [5.41, 5.74) is 3.81. The van der Waals surface area contributed by atoms with Gasteiger partial charge in [-0.05, 0) is 238 Å². The van der Waals surface area contributed by atoms with Crippen LogP contribution in [0.4, 0.5) is 0 Å². The topological polar surface area (TPSA) is 311 Å². The Labute approximate surface area is 748 Å². The molecule has 0 radical (unpaired) electrons. The molecule has 4 saturated heterocycles. The van der Waals surface area contributed by atoms with Crippen molar-refractivity contribution in [2.45, 2.75) is 132 Å². The molecule has 8 rings (SSSR count). The molecule has 0 aromatic heterocycles. The number of Topliss-reactive ketones (excluding diaryl/α,β-unsaturated/α-hetero) is 2. The van der Waals surface area contributed by atoms with Crippen LogP contribution in [0.25, 0.3) is 0 Å². The molecule has 116 heavy (non-hydrogen) atoms. The van der Waals surface area contributed by atoms with Gasteiger partial charge in [0.2, 0.25) is 41.4 Å². The highest BCUT2D eigenvalue weighted by Gasteiger charge is 2.30. The predicted octanol–water partition coefficient (Wildman–Crippen LogP) is 5.61. The Hall–Kier alpha value is -5.17. The van der Waals surface area contributed by atoms with Crippen molar-refractivity contribution in [3.63, 3.8) is 0 Å². The molecular formula is C84H127ClI4N16O11. The first kappa shape index (κ1) is 101. The molecule has 4 fully saturated rings. The Morgan fingerprint density at radius 3 is 1.24 bits per heavy atom. The number of ether oxygens (including phenoxy) is 1. The molecule has 7 amide bonds. The van der Waals surface area contributed by atoms with E-state index in [-0.39, 0.29) is 104 Å². The molecular weight excluding hydrogens is 1950 g/mol. The van der Waals surface area contributed by atoms with E-state index in [2.05, 4.69) is 239 Å². The van der Waals surface area contributed by atoms with Gasteiger partial charge in [0.25, 0.3) is 0 Å². The summed E-state index contributed by atoms with van der Waals surface area (Å²) < 4.78 is 11.3. The Bertz CT molecular complexity index is 3680. The number of amides is 7. The van der Waals surface area contributed by atoms with Gasteiger partial charge in [0.05, 0.1) is 51.9 Å². The standard InChI is InChI=1S/C31H51IN4O4.C19H27IN4O3.C19H31IN4O.C15H18ClIN4O3/c1-24(2)19-33-12-13-34(23-30(39)40-31(5,6)7)14-15-35(20-25(3)37)22-29(36(17-16-33)21-26(4)38)18-27-8-10-28(32)11-9-27;1-13(2)10-24-11-17(25)21-7-8-22-19(27)16(23-18(26)12-24)9-14-3-5-15(20)6-4-14;1-15(2)14-24-11-9-21-7-8-23-19(25)18(22-10-12-24)13-16-3-5-17(20)6-4-16;16-21-8-13(22)18-5-6-19-15(24)12(20-14(23)9-21)7-10-1-3-11(17)4-2-10/h8-11,24,29H,12-23H2,1-7H3;3-6,13,16H,7-12H2,1-2H3,(H,21,25)(H,22,27)(H,23,26);3-6,15,18,21-22H,7-14H2,1-2H3,(H,23,25);1-4,12H,5-9H2,(H,18,22)(H,19,24)(H,20,23). The maximum Gasteiger partial charge on any atom is 0.320 e. The number of benzene rings is 4. The fourth-order valence-electron chi connectivity index (χ4n) is 13.5. The lowest BCUT2D eigenvalue weighted by atomic mass is 10.0. The maximum absolute atomic E-state index is 12.8. The molecule has 4 atom stereocenters. The van der Waals surface area contributed by atoms with Crippen molar-refractivity contribution in [3.05, 3.63) is 134 Å². The number of carbonyl (C=O) groups is 10. The van der Waals surface area contributed by atoms with Crippen LogP contribution in [-0.2, 0) is 78.4 Å². The van der Waals surface area contributed by atoms with E-state index in [0.717, 1.165) is 108 Å². The zero-order valence-electron chi connectivity index (χ0n) is 69.7. The van der Waals surface area contributed by atoms with Gasteiger partial charge in [0.15, 0.2) is 0 Å². The van der Waals surface area contributed by atoms with Crippen molar-refractivity contribution in [1.82, 2.24) is 81.7 Å². The largest absolute Gasteiger partial charge is 0.459 e. The highest BCUT2D eigenvalue weighted by Crippen LogP contribution is 2.19. The van der Waals surface area contributed by atoms with Gasteiger partial charge in [-0.3, -0.25) is 67.5 Å². The molecule has 32 heteroatoms. The van der Waals surface area contributed by atoms with E-state index in [0.29, 0.717) is 96.0 Å². The van der Waals surface area contributed by atoms with E-state index in [1.807, 2.05) is 88.0 Å². The Morgan fingerprint density at radius 2 is 0.776 bits per heavy atom. The van der Waals surface area contributed by atoms with Gasteiger partial charge in [-0.15, -0.1) is 0 Å². The van der Waals surface area contributed by atoms with Crippen molar-refractivity contribution in [2.24, 2.45) is 17.8 Å². The second kappa shape index (κ2) is 55.0. The number of ketones is 2. The van der Waals surface area contributed by atoms with Crippen LogP contribution in [0, 0.1) is 32.0 Å². The van der Waals surface area contributed by atoms with Crippen LogP contribution < -0.4 is 47.9 Å². The second-order valence-corrected chi connectivity index (χ2v) is 37.7. The van der Waals surface area contributed by atoms with Gasteiger partial charge in [-0.2, -0.15) is 0 Å². The number of nitrogens with zero attached hydrogens (tertiary/aromatic N) is 7. The summed E-state index contributed by atoms with van der Waals surface area (Å²) in [5.74, 6) is -0.0451. The van der Waals surface area contributed by atoms with Crippen LogP contribution in [0.2, 0.25) is 0 Å². The number of hydrogen-bond donors (Lipinski definition) is 9. The predicted molar refractivity (Wildman–Crippen MR) is 492 cm³/mol. The van der Waals surface area contributed by atoms with E-state index in [1.54, 1.807) is 13.8 Å². The molecule has 0 bridgehead atoms. The lowest BCUT2D eigenvalue weighted by molar-refractivity contribution is -0.156. The van der Waals surface area contributed by atoms with Crippen molar-refractivity contribution in [3.8, 4) is 0 Å². The van der Waals surface area contributed by atoms with Gasteiger partial charge in [0, 0.05) is 164 Å². The third-order valence-corrected chi connectivity index (χ3v) is 21.7. The lowest BCUT2D eigenvalue weighted by Crippen LogP contribution is -2.53. The Kier molecular flexibility index (Phi) is 48.0. The molecule has 0 spiro atoms. The van der Waals surface area contributed by atoms with Crippen molar-refractivity contribution >= 4 is 161 Å². The first-order valence-electron chi connectivity index (χ1n) is 40.4. The summed E-state index contributed by atoms with van der Waals surface area (Å²) in [4.78, 5) is 136.